The van der Waals surface area contributed by atoms with Crippen LogP contribution in [0.2, 0.25) is 0 Å². The molecule has 114 valence electrons. The first-order valence-corrected chi connectivity index (χ1v) is 7.12. The van der Waals surface area contributed by atoms with Crippen molar-refractivity contribution >= 4 is 12.0 Å². The molecule has 1 aliphatic heterocycles. The summed E-state index contributed by atoms with van der Waals surface area (Å²) in [5.74, 6) is -0.937. The first-order valence-electron chi connectivity index (χ1n) is 7.12. The number of amides is 2. The van der Waals surface area contributed by atoms with E-state index in [0.717, 1.165) is 12.8 Å². The highest BCUT2D eigenvalue weighted by Crippen LogP contribution is 2.23. The molecule has 1 aliphatic carbocycles. The molecule has 0 radical (unpaired) electrons. The largest absolute Gasteiger partial charge is 0.479 e. The molecule has 20 heavy (non-hydrogen) atoms. The number of carboxylic acid groups (broad SMARTS) is 1. The van der Waals surface area contributed by atoms with Crippen LogP contribution in [0.15, 0.2) is 0 Å². The van der Waals surface area contributed by atoms with Crippen molar-refractivity contribution in [1.82, 2.24) is 10.6 Å². The zero-order valence-corrected chi connectivity index (χ0v) is 11.6. The molecule has 0 spiro atoms. The van der Waals surface area contributed by atoms with Crippen LogP contribution in [0.3, 0.4) is 0 Å². The summed E-state index contributed by atoms with van der Waals surface area (Å²) in [5.41, 5.74) is 0. The quantitative estimate of drug-likeness (QED) is 0.660. The molecule has 7 heteroatoms. The summed E-state index contributed by atoms with van der Waals surface area (Å²) in [5, 5.41) is 14.4. The van der Waals surface area contributed by atoms with Crippen LogP contribution < -0.4 is 10.6 Å². The van der Waals surface area contributed by atoms with E-state index in [9.17, 15) is 9.59 Å². The molecule has 1 saturated heterocycles. The van der Waals surface area contributed by atoms with Crippen molar-refractivity contribution in [3.8, 4) is 0 Å². The van der Waals surface area contributed by atoms with Crippen LogP contribution in [0.25, 0.3) is 0 Å². The van der Waals surface area contributed by atoms with Crippen molar-refractivity contribution < 1.29 is 24.2 Å². The first kappa shape index (κ1) is 15.1. The first-order chi connectivity index (χ1) is 9.58. The van der Waals surface area contributed by atoms with Gasteiger partial charge in [-0.3, -0.25) is 0 Å². The molecule has 7 nitrogen and oxygen atoms in total. The minimum Gasteiger partial charge on any atom is -0.479 e. The summed E-state index contributed by atoms with van der Waals surface area (Å²) in [6, 6.07) is -0.0601. The summed E-state index contributed by atoms with van der Waals surface area (Å²) in [6.45, 7) is 3.00. The zero-order chi connectivity index (χ0) is 14.5. The molecule has 2 unspecified atom stereocenters. The molecule has 1 heterocycles. The van der Waals surface area contributed by atoms with Crippen molar-refractivity contribution in [3.05, 3.63) is 0 Å². The van der Waals surface area contributed by atoms with Gasteiger partial charge in [-0.2, -0.15) is 0 Å². The Morgan fingerprint density at radius 2 is 2.10 bits per heavy atom. The van der Waals surface area contributed by atoms with E-state index in [1.165, 1.54) is 0 Å². The Kier molecular flexibility index (Phi) is 5.19. The number of rotatable bonds is 6. The van der Waals surface area contributed by atoms with Gasteiger partial charge in [-0.25, -0.2) is 9.59 Å². The van der Waals surface area contributed by atoms with Gasteiger partial charge in [0.1, 0.15) is 0 Å². The van der Waals surface area contributed by atoms with Crippen molar-refractivity contribution in [1.29, 1.82) is 0 Å². The smallest absolute Gasteiger partial charge is 0.332 e. The van der Waals surface area contributed by atoms with Gasteiger partial charge in [0, 0.05) is 19.2 Å². The molecule has 2 rings (SSSR count). The average molecular weight is 286 g/mol. The molecule has 1 saturated carbocycles. The third-order valence-electron chi connectivity index (χ3n) is 3.71. The van der Waals surface area contributed by atoms with Crippen LogP contribution in [0.1, 0.15) is 32.6 Å². The van der Waals surface area contributed by atoms with Crippen molar-refractivity contribution in [3.63, 3.8) is 0 Å². The van der Waals surface area contributed by atoms with Gasteiger partial charge in [-0.1, -0.05) is 0 Å². The van der Waals surface area contributed by atoms with Gasteiger partial charge in [-0.15, -0.1) is 0 Å². The average Bonchev–Trinajstić information content (AvgIpc) is 2.83. The SMILES string of the molecule is CCOC1CC(NC(=O)NCC2CCC(C(=O)O)O2)C1. The number of hydrogen-bond acceptors (Lipinski definition) is 4. The predicted octanol–water partition coefficient (Wildman–Crippen LogP) is 0.485. The second-order valence-corrected chi connectivity index (χ2v) is 5.26. The highest BCUT2D eigenvalue weighted by Gasteiger charge is 2.32. The summed E-state index contributed by atoms with van der Waals surface area (Å²) in [4.78, 5) is 22.4. The lowest BCUT2D eigenvalue weighted by molar-refractivity contribution is -0.149. The van der Waals surface area contributed by atoms with Gasteiger partial charge in [0.25, 0.3) is 0 Å². The highest BCUT2D eigenvalue weighted by molar-refractivity contribution is 5.74. The number of carboxylic acids is 1. The Morgan fingerprint density at radius 3 is 2.70 bits per heavy atom. The zero-order valence-electron chi connectivity index (χ0n) is 11.6. The Bertz CT molecular complexity index is 357. The van der Waals surface area contributed by atoms with Gasteiger partial charge >= 0.3 is 12.0 Å². The van der Waals surface area contributed by atoms with E-state index in [1.807, 2.05) is 6.92 Å². The molecule has 2 amide bonds. The maximum Gasteiger partial charge on any atom is 0.332 e. The Labute approximate surface area is 118 Å². The fourth-order valence-corrected chi connectivity index (χ4v) is 2.54. The van der Waals surface area contributed by atoms with Crippen LogP contribution >= 0.6 is 0 Å². The maximum atomic E-state index is 11.6. The molecule has 3 N–H and O–H groups in total. The molecule has 0 aromatic heterocycles. The van der Waals surface area contributed by atoms with Gasteiger partial charge < -0.3 is 25.2 Å². The van der Waals surface area contributed by atoms with E-state index >= 15 is 0 Å². The number of hydrogen-bond donors (Lipinski definition) is 3. The van der Waals surface area contributed by atoms with Gasteiger partial charge in [0.05, 0.1) is 12.2 Å². The van der Waals surface area contributed by atoms with Crippen molar-refractivity contribution in [2.24, 2.45) is 0 Å². The van der Waals surface area contributed by atoms with Crippen LogP contribution in [-0.4, -0.2) is 54.6 Å². The van der Waals surface area contributed by atoms with Crippen LogP contribution in [0, 0.1) is 0 Å². The molecule has 2 aliphatic rings. The molecule has 0 bridgehead atoms. The number of nitrogens with one attached hydrogen (secondary N) is 2. The molecule has 0 aromatic rings. The Morgan fingerprint density at radius 1 is 1.35 bits per heavy atom. The molecule has 2 atom stereocenters. The third-order valence-corrected chi connectivity index (χ3v) is 3.71. The summed E-state index contributed by atoms with van der Waals surface area (Å²) >= 11 is 0. The van der Waals surface area contributed by atoms with Gasteiger partial charge in [0.2, 0.25) is 0 Å². The van der Waals surface area contributed by atoms with Crippen molar-refractivity contribution in [2.75, 3.05) is 13.2 Å². The monoisotopic (exact) mass is 286 g/mol. The predicted molar refractivity (Wildman–Crippen MR) is 70.5 cm³/mol. The minimum absolute atomic E-state index is 0.169. The van der Waals surface area contributed by atoms with E-state index in [0.29, 0.717) is 26.0 Å². The van der Waals surface area contributed by atoms with E-state index < -0.39 is 12.1 Å². The highest BCUT2D eigenvalue weighted by atomic mass is 16.5. The van der Waals surface area contributed by atoms with E-state index in [1.54, 1.807) is 0 Å². The summed E-state index contributed by atoms with van der Waals surface area (Å²) in [7, 11) is 0. The third kappa shape index (κ3) is 4.08. The lowest BCUT2D eigenvalue weighted by Gasteiger charge is -2.35. The van der Waals surface area contributed by atoms with E-state index in [-0.39, 0.29) is 24.3 Å². The standard InChI is InChI=1S/C13H22N2O5/c1-2-19-10-5-8(6-10)15-13(18)14-7-9-3-4-11(20-9)12(16)17/h8-11H,2-7H2,1H3,(H,16,17)(H2,14,15,18). The fraction of sp³-hybridized carbons (Fsp3) is 0.846. The lowest BCUT2D eigenvalue weighted by atomic mass is 9.89. The van der Waals surface area contributed by atoms with E-state index in [2.05, 4.69) is 10.6 Å². The number of aliphatic carboxylic acids is 1. The van der Waals surface area contributed by atoms with Gasteiger partial charge in [-0.05, 0) is 32.6 Å². The number of carbonyl (C=O) groups excluding carboxylic acids is 1. The molecule has 2 fully saturated rings. The van der Waals surface area contributed by atoms with Crippen molar-refractivity contribution in [2.45, 2.75) is 57.0 Å². The topological polar surface area (TPSA) is 96.9 Å². The second kappa shape index (κ2) is 6.90. The maximum absolute atomic E-state index is 11.6. The Balaban J connectivity index is 1.56. The summed E-state index contributed by atoms with van der Waals surface area (Å²) in [6.07, 6.45) is 2.18. The normalized spacial score (nSPS) is 32.5. The number of carbonyl (C=O) groups is 2. The van der Waals surface area contributed by atoms with Crippen LogP contribution in [0.5, 0.6) is 0 Å². The van der Waals surface area contributed by atoms with E-state index in [4.69, 9.17) is 14.6 Å². The number of urea groups is 1. The van der Waals surface area contributed by atoms with Crippen LogP contribution in [0.4, 0.5) is 4.79 Å². The molecule has 0 aromatic carbocycles. The molecular formula is C13H22N2O5. The second-order valence-electron chi connectivity index (χ2n) is 5.26. The minimum atomic E-state index is -0.937. The lowest BCUT2D eigenvalue weighted by Crippen LogP contribution is -2.51. The fourth-order valence-electron chi connectivity index (χ4n) is 2.54. The number of ether oxygens (including phenoxy) is 2. The van der Waals surface area contributed by atoms with Crippen LogP contribution in [-0.2, 0) is 14.3 Å². The molecular weight excluding hydrogens is 264 g/mol. The Hall–Kier alpha value is -1.34. The van der Waals surface area contributed by atoms with Gasteiger partial charge in [0.15, 0.2) is 6.10 Å². The summed E-state index contributed by atoms with van der Waals surface area (Å²) < 4.78 is 10.7.